The van der Waals surface area contributed by atoms with Crippen molar-refractivity contribution in [1.29, 1.82) is 0 Å². The summed E-state index contributed by atoms with van der Waals surface area (Å²) >= 11 is -3.96. The fraction of sp³-hybridized carbons (Fsp3) is 0.267. The third-order valence-corrected chi connectivity index (χ3v) is 27.7. The number of Topliss-reactive ketones (excluding diaryl/α,β-unsaturated/α-hetero) is 1. The number of hydrogen-bond donors (Lipinski definition) is 0. The van der Waals surface area contributed by atoms with Crippen molar-refractivity contribution in [2.75, 3.05) is 0 Å². The first-order chi connectivity index (χ1) is 22.4. The molecule has 2 heteroatoms. The van der Waals surface area contributed by atoms with Gasteiger partial charge in [-0.25, -0.2) is 0 Å². The van der Waals surface area contributed by atoms with E-state index >= 15 is 4.79 Å². The summed E-state index contributed by atoms with van der Waals surface area (Å²) in [6.45, 7) is 14.5. The average Bonchev–Trinajstić information content (AvgIpc) is 3.08. The van der Waals surface area contributed by atoms with Crippen molar-refractivity contribution in [3.63, 3.8) is 0 Å². The molecule has 0 aliphatic carbocycles. The Morgan fingerprint density at radius 1 is 0.468 bits per heavy atom. The summed E-state index contributed by atoms with van der Waals surface area (Å²) in [5.41, 5.74) is 5.48. The summed E-state index contributed by atoms with van der Waals surface area (Å²) in [7, 11) is 0. The van der Waals surface area contributed by atoms with E-state index in [1.54, 1.807) is 0 Å². The van der Waals surface area contributed by atoms with Gasteiger partial charge >= 0.3 is 289 Å². The van der Waals surface area contributed by atoms with Gasteiger partial charge in [-0.3, -0.25) is 0 Å². The first kappa shape index (κ1) is 34.6. The van der Waals surface area contributed by atoms with Crippen LogP contribution in [0.4, 0.5) is 0 Å². The number of carbonyl (C=O) groups is 1. The predicted octanol–water partition coefficient (Wildman–Crippen LogP) is 11.9. The Bertz CT molecular complexity index is 1620. The molecule has 5 aromatic rings. The molecule has 0 saturated heterocycles. The second kappa shape index (κ2) is 14.6. The normalized spacial score (nSPS) is 12.9. The summed E-state index contributed by atoms with van der Waals surface area (Å²) in [6, 6.07) is 53.5. The average molecular weight is 726 g/mol. The predicted molar refractivity (Wildman–Crippen MR) is 204 cm³/mol. The number of benzene rings is 5. The van der Waals surface area contributed by atoms with Gasteiger partial charge < -0.3 is 0 Å². The minimum absolute atomic E-state index is 0.135. The molecule has 0 heterocycles. The monoisotopic (exact) mass is 726 g/mol. The Morgan fingerprint density at radius 2 is 0.766 bits per heavy atom. The van der Waals surface area contributed by atoms with Crippen LogP contribution < -0.4 is 0 Å². The van der Waals surface area contributed by atoms with Gasteiger partial charge in [0.2, 0.25) is 0 Å². The van der Waals surface area contributed by atoms with Crippen molar-refractivity contribution in [3.05, 3.63) is 183 Å². The molecular weight excluding hydrogens is 675 g/mol. The fourth-order valence-corrected chi connectivity index (χ4v) is 30.0. The first-order valence-electron chi connectivity index (χ1n) is 17.0. The molecule has 0 aliphatic heterocycles. The van der Waals surface area contributed by atoms with Crippen molar-refractivity contribution in [2.45, 2.75) is 71.1 Å². The van der Waals surface area contributed by atoms with E-state index in [1.807, 2.05) is 30.3 Å². The SMILES string of the molecule is CC(C)([CH2][Sn]([CH2]C(C)(C)c1ccccc1)([CH2]C(C)(C)c1ccccc1)/[C](=C/c1ccccc1)C(=O)c1ccccc1)c1ccccc1. The molecule has 0 aromatic heterocycles. The van der Waals surface area contributed by atoms with Crippen LogP contribution >= 0.6 is 0 Å². The van der Waals surface area contributed by atoms with Crippen LogP contribution in [0, 0.1) is 0 Å². The summed E-state index contributed by atoms with van der Waals surface area (Å²) in [6.07, 6.45) is 2.30. The summed E-state index contributed by atoms with van der Waals surface area (Å²) in [4.78, 5) is 15.2. The zero-order chi connectivity index (χ0) is 33.5. The van der Waals surface area contributed by atoms with E-state index in [0.29, 0.717) is 0 Å². The quantitative estimate of drug-likeness (QED) is 0.0671. The van der Waals surface area contributed by atoms with E-state index < -0.39 is 18.4 Å². The van der Waals surface area contributed by atoms with Crippen LogP contribution in [0.25, 0.3) is 6.08 Å². The van der Waals surface area contributed by atoms with Crippen molar-refractivity contribution in [2.24, 2.45) is 0 Å². The van der Waals surface area contributed by atoms with E-state index in [2.05, 4.69) is 169 Å². The second-order valence-electron chi connectivity index (χ2n) is 15.2. The Balaban J connectivity index is 1.83. The van der Waals surface area contributed by atoms with Crippen LogP contribution in [0.1, 0.15) is 74.2 Å². The van der Waals surface area contributed by atoms with Crippen molar-refractivity contribution >= 4 is 30.2 Å². The van der Waals surface area contributed by atoms with Gasteiger partial charge in [-0.15, -0.1) is 0 Å². The molecule has 0 fully saturated rings. The molecule has 0 radical (unpaired) electrons. The van der Waals surface area contributed by atoms with Crippen LogP contribution in [-0.2, 0) is 16.2 Å². The molecule has 0 spiro atoms. The van der Waals surface area contributed by atoms with Crippen molar-refractivity contribution in [1.82, 2.24) is 0 Å². The number of carbonyl (C=O) groups excluding carboxylic acids is 1. The van der Waals surface area contributed by atoms with Gasteiger partial charge in [0.15, 0.2) is 0 Å². The van der Waals surface area contributed by atoms with Gasteiger partial charge in [0.25, 0.3) is 0 Å². The molecule has 240 valence electrons. The number of ketones is 1. The van der Waals surface area contributed by atoms with E-state index in [0.717, 1.165) is 28.0 Å². The molecule has 5 aromatic carbocycles. The molecule has 0 bridgehead atoms. The van der Waals surface area contributed by atoms with E-state index in [-0.39, 0.29) is 22.0 Å². The minimum atomic E-state index is -3.96. The number of rotatable bonds is 13. The molecule has 1 nitrogen and oxygen atoms in total. The van der Waals surface area contributed by atoms with Gasteiger partial charge in [0.1, 0.15) is 0 Å². The van der Waals surface area contributed by atoms with Crippen molar-refractivity contribution < 1.29 is 4.79 Å². The van der Waals surface area contributed by atoms with Crippen LogP contribution in [0.2, 0.25) is 13.3 Å². The Labute approximate surface area is 287 Å². The van der Waals surface area contributed by atoms with Crippen molar-refractivity contribution in [3.8, 4) is 0 Å². The molecule has 0 saturated carbocycles. The van der Waals surface area contributed by atoms with E-state index in [1.165, 1.54) is 16.7 Å². The molecule has 0 aliphatic rings. The van der Waals surface area contributed by atoms with Crippen LogP contribution in [0.5, 0.6) is 0 Å². The molecule has 0 N–H and O–H groups in total. The van der Waals surface area contributed by atoms with Crippen LogP contribution in [0.15, 0.2) is 155 Å². The molecule has 0 unspecified atom stereocenters. The molecular formula is C45H50OSn. The van der Waals surface area contributed by atoms with Crippen LogP contribution in [-0.4, -0.2) is 24.2 Å². The third-order valence-electron chi connectivity index (χ3n) is 9.97. The van der Waals surface area contributed by atoms with Crippen LogP contribution in [0.3, 0.4) is 0 Å². The summed E-state index contributed by atoms with van der Waals surface area (Å²) < 4.78 is 4.12. The summed E-state index contributed by atoms with van der Waals surface area (Å²) in [5, 5.41) is 0. The molecule has 0 amide bonds. The van der Waals surface area contributed by atoms with Gasteiger partial charge in [-0.05, 0) is 0 Å². The molecule has 0 atom stereocenters. The second-order valence-corrected chi connectivity index (χ2v) is 27.1. The maximum absolute atomic E-state index is 15.2. The third kappa shape index (κ3) is 8.43. The van der Waals surface area contributed by atoms with Gasteiger partial charge in [-0.1, -0.05) is 0 Å². The molecule has 47 heavy (non-hydrogen) atoms. The standard InChI is InChI=1S/C15H11O.3C10H13.Sn/c16-15(14-9-5-2-6-10-14)12-11-13-7-3-1-4-8-13;3*1-10(2,3)9-7-5-4-6-8-9;/h1-11H;3*4-8H,1H2,2-3H3;. The van der Waals surface area contributed by atoms with Gasteiger partial charge in [0, 0.05) is 0 Å². The fourth-order valence-electron chi connectivity index (χ4n) is 7.91. The number of hydrogen-bond acceptors (Lipinski definition) is 1. The van der Waals surface area contributed by atoms with E-state index in [4.69, 9.17) is 0 Å². The van der Waals surface area contributed by atoms with Gasteiger partial charge in [-0.2, -0.15) is 0 Å². The Morgan fingerprint density at radius 3 is 1.11 bits per heavy atom. The zero-order valence-electron chi connectivity index (χ0n) is 29.0. The van der Waals surface area contributed by atoms with Gasteiger partial charge in [0.05, 0.1) is 0 Å². The maximum atomic E-state index is 15.2. The van der Waals surface area contributed by atoms with E-state index in [9.17, 15) is 0 Å². The first-order valence-corrected chi connectivity index (χ1v) is 24.4. The topological polar surface area (TPSA) is 17.1 Å². The molecule has 5 rings (SSSR count). The zero-order valence-corrected chi connectivity index (χ0v) is 31.9. The Hall–Kier alpha value is -3.69. The number of allylic oxidation sites excluding steroid dienone is 1. The Kier molecular flexibility index (Phi) is 10.8. The summed E-state index contributed by atoms with van der Waals surface area (Å²) in [5.74, 6) is 0.196.